The lowest BCUT2D eigenvalue weighted by atomic mass is 9.82. The van der Waals surface area contributed by atoms with Gasteiger partial charge in [0.25, 0.3) is 0 Å². The monoisotopic (exact) mass is 280 g/mol. The van der Waals surface area contributed by atoms with E-state index in [1.54, 1.807) is 0 Å². The zero-order chi connectivity index (χ0) is 14.4. The first kappa shape index (κ1) is 16.3. The van der Waals surface area contributed by atoms with E-state index in [4.69, 9.17) is 0 Å². The summed E-state index contributed by atoms with van der Waals surface area (Å²) in [5, 5.41) is 3.75. The van der Waals surface area contributed by atoms with Gasteiger partial charge in [-0.2, -0.15) is 0 Å². The minimum absolute atomic E-state index is 0.578. The molecule has 2 saturated carbocycles. The molecule has 0 bridgehead atoms. The summed E-state index contributed by atoms with van der Waals surface area (Å²) in [4.78, 5) is 2.76. The Hall–Kier alpha value is -0.0800. The Morgan fingerprint density at radius 1 is 1.15 bits per heavy atom. The Balaban J connectivity index is 1.82. The molecule has 0 saturated heterocycles. The van der Waals surface area contributed by atoms with Crippen LogP contribution in [0, 0.1) is 17.3 Å². The average molecular weight is 281 g/mol. The fraction of sp³-hybridized carbons (Fsp3) is 1.00. The third kappa shape index (κ3) is 4.73. The van der Waals surface area contributed by atoms with Gasteiger partial charge in [-0.05, 0) is 56.0 Å². The van der Waals surface area contributed by atoms with Crippen LogP contribution in [0.15, 0.2) is 0 Å². The van der Waals surface area contributed by atoms with Gasteiger partial charge in [-0.1, -0.05) is 40.0 Å². The zero-order valence-electron chi connectivity index (χ0n) is 14.1. The van der Waals surface area contributed by atoms with Gasteiger partial charge in [0, 0.05) is 19.6 Å². The first-order chi connectivity index (χ1) is 9.63. The topological polar surface area (TPSA) is 15.3 Å². The van der Waals surface area contributed by atoms with Gasteiger partial charge in [-0.25, -0.2) is 0 Å². The summed E-state index contributed by atoms with van der Waals surface area (Å²) in [5.41, 5.74) is 0.578. The van der Waals surface area contributed by atoms with Crippen molar-refractivity contribution in [3.63, 3.8) is 0 Å². The van der Waals surface area contributed by atoms with Gasteiger partial charge in [0.15, 0.2) is 0 Å². The standard InChI is InChI=1S/C18H36N2/c1-4-20(13-17-8-7-9-17)15-18(10-5-6-11-18)14-19-12-16(2)3/h16-17,19H,4-15H2,1-3H3. The molecule has 0 aliphatic heterocycles. The van der Waals surface area contributed by atoms with Gasteiger partial charge in [-0.3, -0.25) is 0 Å². The SMILES string of the molecule is CCN(CC1CCC1)CC1(CNCC(C)C)CCCC1. The largest absolute Gasteiger partial charge is 0.316 e. The molecular formula is C18H36N2. The summed E-state index contributed by atoms with van der Waals surface area (Å²) in [6.07, 6.45) is 10.2. The Morgan fingerprint density at radius 3 is 2.35 bits per heavy atom. The van der Waals surface area contributed by atoms with Crippen molar-refractivity contribution in [1.29, 1.82) is 0 Å². The minimum Gasteiger partial charge on any atom is -0.316 e. The molecular weight excluding hydrogens is 244 g/mol. The van der Waals surface area contributed by atoms with E-state index < -0.39 is 0 Å². The second-order valence-electron chi connectivity index (χ2n) is 7.86. The molecule has 0 aromatic heterocycles. The van der Waals surface area contributed by atoms with Gasteiger partial charge in [0.1, 0.15) is 0 Å². The summed E-state index contributed by atoms with van der Waals surface area (Å²) in [5.74, 6) is 1.78. The predicted octanol–water partition coefficient (Wildman–Crippen LogP) is 3.91. The van der Waals surface area contributed by atoms with E-state index in [0.29, 0.717) is 5.41 Å². The lowest BCUT2D eigenvalue weighted by Crippen LogP contribution is -2.45. The van der Waals surface area contributed by atoms with Gasteiger partial charge >= 0.3 is 0 Å². The number of rotatable bonds is 9. The number of hydrogen-bond donors (Lipinski definition) is 1. The highest BCUT2D eigenvalue weighted by Crippen LogP contribution is 2.39. The molecule has 0 heterocycles. The molecule has 118 valence electrons. The van der Waals surface area contributed by atoms with Crippen LogP contribution < -0.4 is 5.32 Å². The lowest BCUT2D eigenvalue weighted by molar-refractivity contribution is 0.115. The number of hydrogen-bond acceptors (Lipinski definition) is 2. The Kier molecular flexibility index (Phi) is 6.35. The molecule has 20 heavy (non-hydrogen) atoms. The van der Waals surface area contributed by atoms with Crippen molar-refractivity contribution in [2.45, 2.75) is 65.7 Å². The van der Waals surface area contributed by atoms with Crippen molar-refractivity contribution in [1.82, 2.24) is 10.2 Å². The molecule has 2 heteroatoms. The lowest BCUT2D eigenvalue weighted by Gasteiger charge is -2.38. The van der Waals surface area contributed by atoms with E-state index in [1.807, 2.05) is 0 Å². The summed E-state index contributed by atoms with van der Waals surface area (Å²) in [6.45, 7) is 13.3. The Bertz CT molecular complexity index is 265. The van der Waals surface area contributed by atoms with Crippen molar-refractivity contribution in [3.8, 4) is 0 Å². The van der Waals surface area contributed by atoms with E-state index in [0.717, 1.165) is 11.8 Å². The molecule has 0 aromatic rings. The van der Waals surface area contributed by atoms with Crippen molar-refractivity contribution in [2.24, 2.45) is 17.3 Å². The van der Waals surface area contributed by atoms with E-state index in [2.05, 4.69) is 31.0 Å². The maximum atomic E-state index is 3.75. The maximum absolute atomic E-state index is 3.75. The van der Waals surface area contributed by atoms with E-state index in [9.17, 15) is 0 Å². The maximum Gasteiger partial charge on any atom is 0.00501 e. The molecule has 0 atom stereocenters. The molecule has 2 aliphatic rings. The zero-order valence-corrected chi connectivity index (χ0v) is 14.1. The molecule has 0 radical (unpaired) electrons. The highest BCUT2D eigenvalue weighted by atomic mass is 15.1. The molecule has 2 fully saturated rings. The van der Waals surface area contributed by atoms with E-state index in [-0.39, 0.29) is 0 Å². The summed E-state index contributed by atoms with van der Waals surface area (Å²) in [6, 6.07) is 0. The van der Waals surface area contributed by atoms with Crippen molar-refractivity contribution in [2.75, 3.05) is 32.7 Å². The van der Waals surface area contributed by atoms with Crippen LogP contribution in [0.3, 0.4) is 0 Å². The van der Waals surface area contributed by atoms with Gasteiger partial charge in [0.05, 0.1) is 0 Å². The molecule has 0 amide bonds. The average Bonchev–Trinajstić information content (AvgIpc) is 2.80. The Labute approximate surface area is 126 Å². The van der Waals surface area contributed by atoms with Gasteiger partial charge in [-0.15, -0.1) is 0 Å². The fourth-order valence-electron chi connectivity index (χ4n) is 3.96. The van der Waals surface area contributed by atoms with Crippen LogP contribution in [0.2, 0.25) is 0 Å². The molecule has 2 rings (SSSR count). The van der Waals surface area contributed by atoms with Crippen LogP contribution >= 0.6 is 0 Å². The van der Waals surface area contributed by atoms with E-state index in [1.165, 1.54) is 77.7 Å². The van der Waals surface area contributed by atoms with Crippen LogP contribution in [0.5, 0.6) is 0 Å². The van der Waals surface area contributed by atoms with Crippen LogP contribution in [0.1, 0.15) is 65.7 Å². The van der Waals surface area contributed by atoms with Crippen molar-refractivity contribution >= 4 is 0 Å². The first-order valence-electron chi connectivity index (χ1n) is 9.06. The highest BCUT2D eigenvalue weighted by Gasteiger charge is 2.35. The number of nitrogens with zero attached hydrogens (tertiary/aromatic N) is 1. The Morgan fingerprint density at radius 2 is 1.85 bits per heavy atom. The third-order valence-electron chi connectivity index (χ3n) is 5.46. The molecule has 2 aliphatic carbocycles. The third-order valence-corrected chi connectivity index (χ3v) is 5.46. The molecule has 1 N–H and O–H groups in total. The van der Waals surface area contributed by atoms with Crippen LogP contribution in [-0.2, 0) is 0 Å². The number of nitrogens with one attached hydrogen (secondary N) is 1. The molecule has 2 nitrogen and oxygen atoms in total. The summed E-state index contributed by atoms with van der Waals surface area (Å²) >= 11 is 0. The predicted molar refractivity (Wildman–Crippen MR) is 88.1 cm³/mol. The normalized spacial score (nSPS) is 22.6. The highest BCUT2D eigenvalue weighted by molar-refractivity contribution is 4.90. The molecule has 0 unspecified atom stereocenters. The minimum atomic E-state index is 0.578. The van der Waals surface area contributed by atoms with Crippen molar-refractivity contribution < 1.29 is 0 Å². The molecule has 0 aromatic carbocycles. The summed E-state index contributed by atoms with van der Waals surface area (Å²) in [7, 11) is 0. The quantitative estimate of drug-likeness (QED) is 0.689. The second kappa shape index (κ2) is 7.79. The van der Waals surface area contributed by atoms with Crippen LogP contribution in [-0.4, -0.2) is 37.6 Å². The molecule has 0 spiro atoms. The summed E-state index contributed by atoms with van der Waals surface area (Å²) < 4.78 is 0. The van der Waals surface area contributed by atoms with Gasteiger partial charge in [0.2, 0.25) is 0 Å². The second-order valence-corrected chi connectivity index (χ2v) is 7.86. The van der Waals surface area contributed by atoms with Crippen molar-refractivity contribution in [3.05, 3.63) is 0 Å². The van der Waals surface area contributed by atoms with Gasteiger partial charge < -0.3 is 10.2 Å². The van der Waals surface area contributed by atoms with Crippen LogP contribution in [0.25, 0.3) is 0 Å². The fourth-order valence-corrected chi connectivity index (χ4v) is 3.96. The van der Waals surface area contributed by atoms with E-state index >= 15 is 0 Å². The van der Waals surface area contributed by atoms with Crippen LogP contribution in [0.4, 0.5) is 0 Å². The smallest absolute Gasteiger partial charge is 0.00501 e. The first-order valence-corrected chi connectivity index (χ1v) is 9.06.